The van der Waals surface area contributed by atoms with Crippen molar-refractivity contribution >= 4 is 27.4 Å². The molecule has 0 saturated heterocycles. The summed E-state index contributed by atoms with van der Waals surface area (Å²) < 4.78 is 39.5. The summed E-state index contributed by atoms with van der Waals surface area (Å²) in [6.07, 6.45) is 0. The standard InChI is InChI=1S/C13H8F3N3S/c1-17-12-7-2-3-20-13(7)19-11(18-12)6-4-8(14)10(16)9(15)5-6/h2-5H,1H3,(H,17,18,19). The molecular formula is C13H8F3N3S. The van der Waals surface area contributed by atoms with Crippen LogP contribution in [0, 0.1) is 17.5 Å². The molecule has 0 saturated carbocycles. The first-order valence-corrected chi connectivity index (χ1v) is 6.56. The van der Waals surface area contributed by atoms with Crippen molar-refractivity contribution in [2.45, 2.75) is 0 Å². The maximum Gasteiger partial charge on any atom is 0.194 e. The number of nitrogens with one attached hydrogen (secondary N) is 1. The summed E-state index contributed by atoms with van der Waals surface area (Å²) in [5.41, 5.74) is 0.0909. The number of rotatable bonds is 2. The highest BCUT2D eigenvalue weighted by molar-refractivity contribution is 7.16. The van der Waals surface area contributed by atoms with Crippen molar-refractivity contribution < 1.29 is 13.2 Å². The zero-order valence-electron chi connectivity index (χ0n) is 10.2. The SMILES string of the molecule is CNc1nc(-c2cc(F)c(F)c(F)c2)nc2sccc12. The molecule has 3 rings (SSSR count). The van der Waals surface area contributed by atoms with Crippen molar-refractivity contribution in [1.29, 1.82) is 0 Å². The van der Waals surface area contributed by atoms with E-state index in [-0.39, 0.29) is 11.4 Å². The highest BCUT2D eigenvalue weighted by Gasteiger charge is 2.15. The van der Waals surface area contributed by atoms with Crippen molar-refractivity contribution in [2.75, 3.05) is 12.4 Å². The lowest BCUT2D eigenvalue weighted by atomic mass is 10.2. The van der Waals surface area contributed by atoms with Crippen LogP contribution in [0.3, 0.4) is 0 Å². The van der Waals surface area contributed by atoms with Crippen molar-refractivity contribution in [3.8, 4) is 11.4 Å². The summed E-state index contributed by atoms with van der Waals surface area (Å²) in [5.74, 6) is -3.33. The lowest BCUT2D eigenvalue weighted by Gasteiger charge is -2.06. The second-order valence-electron chi connectivity index (χ2n) is 4.04. The Balaban J connectivity index is 2.24. The lowest BCUT2D eigenvalue weighted by Crippen LogP contribution is -1.99. The third kappa shape index (κ3) is 2.00. The van der Waals surface area contributed by atoms with Gasteiger partial charge in [-0.2, -0.15) is 0 Å². The molecular weight excluding hydrogens is 287 g/mol. The van der Waals surface area contributed by atoms with E-state index in [2.05, 4.69) is 15.3 Å². The third-order valence-corrected chi connectivity index (χ3v) is 3.61. The molecule has 0 bridgehead atoms. The predicted molar refractivity (Wildman–Crippen MR) is 72.3 cm³/mol. The van der Waals surface area contributed by atoms with E-state index in [1.807, 2.05) is 11.4 Å². The third-order valence-electron chi connectivity index (χ3n) is 2.80. The molecule has 0 aliphatic heterocycles. The fourth-order valence-electron chi connectivity index (χ4n) is 1.86. The van der Waals surface area contributed by atoms with Crippen LogP contribution >= 0.6 is 11.3 Å². The molecule has 0 fully saturated rings. The maximum absolute atomic E-state index is 13.3. The molecule has 3 aromatic rings. The van der Waals surface area contributed by atoms with Crippen molar-refractivity contribution in [3.05, 3.63) is 41.0 Å². The Morgan fingerprint density at radius 1 is 1.10 bits per heavy atom. The van der Waals surface area contributed by atoms with Gasteiger partial charge in [0, 0.05) is 12.6 Å². The van der Waals surface area contributed by atoms with E-state index < -0.39 is 17.5 Å². The first kappa shape index (κ1) is 12.9. The fraction of sp³-hybridized carbons (Fsp3) is 0.0769. The van der Waals surface area contributed by atoms with Crippen LogP contribution in [-0.4, -0.2) is 17.0 Å². The minimum atomic E-state index is -1.50. The molecule has 7 heteroatoms. The summed E-state index contributed by atoms with van der Waals surface area (Å²) >= 11 is 1.38. The van der Waals surface area contributed by atoms with Gasteiger partial charge in [0.1, 0.15) is 10.6 Å². The average molecular weight is 295 g/mol. The number of hydrogen-bond acceptors (Lipinski definition) is 4. The van der Waals surface area contributed by atoms with Gasteiger partial charge in [0.15, 0.2) is 23.3 Å². The van der Waals surface area contributed by atoms with Crippen LogP contribution in [0.1, 0.15) is 0 Å². The summed E-state index contributed by atoms with van der Waals surface area (Å²) in [4.78, 5) is 9.12. The van der Waals surface area contributed by atoms with Gasteiger partial charge in [0.25, 0.3) is 0 Å². The van der Waals surface area contributed by atoms with E-state index in [1.54, 1.807) is 7.05 Å². The van der Waals surface area contributed by atoms with Gasteiger partial charge >= 0.3 is 0 Å². The van der Waals surface area contributed by atoms with E-state index in [0.717, 1.165) is 17.5 Å². The zero-order valence-corrected chi connectivity index (χ0v) is 11.1. The van der Waals surface area contributed by atoms with Gasteiger partial charge in [0.2, 0.25) is 0 Å². The highest BCUT2D eigenvalue weighted by Crippen LogP contribution is 2.29. The molecule has 3 nitrogen and oxygen atoms in total. The summed E-state index contributed by atoms with van der Waals surface area (Å²) in [6.45, 7) is 0. The van der Waals surface area contributed by atoms with Crippen LogP contribution in [0.5, 0.6) is 0 Å². The van der Waals surface area contributed by atoms with Crippen molar-refractivity contribution in [2.24, 2.45) is 0 Å². The Bertz CT molecular complexity index is 778. The number of benzene rings is 1. The van der Waals surface area contributed by atoms with Gasteiger partial charge in [-0.25, -0.2) is 23.1 Å². The molecule has 0 radical (unpaired) electrons. The normalized spacial score (nSPS) is 11.0. The number of anilines is 1. The van der Waals surface area contributed by atoms with E-state index in [0.29, 0.717) is 10.6 Å². The molecule has 0 aliphatic carbocycles. The molecule has 1 N–H and O–H groups in total. The number of hydrogen-bond donors (Lipinski definition) is 1. The van der Waals surface area contributed by atoms with Gasteiger partial charge in [0.05, 0.1) is 5.39 Å². The van der Waals surface area contributed by atoms with E-state index >= 15 is 0 Å². The Hall–Kier alpha value is -2.15. The van der Waals surface area contributed by atoms with E-state index in [9.17, 15) is 13.2 Å². The zero-order chi connectivity index (χ0) is 14.3. The monoisotopic (exact) mass is 295 g/mol. The van der Waals surface area contributed by atoms with Crippen LogP contribution in [0.4, 0.5) is 19.0 Å². The summed E-state index contributed by atoms with van der Waals surface area (Å²) in [6, 6.07) is 3.61. The molecule has 2 aromatic heterocycles. The molecule has 0 atom stereocenters. The Morgan fingerprint density at radius 2 is 1.80 bits per heavy atom. The fourth-order valence-corrected chi connectivity index (χ4v) is 2.62. The minimum absolute atomic E-state index is 0.0909. The van der Waals surface area contributed by atoms with Gasteiger partial charge in [-0.05, 0) is 23.6 Å². The van der Waals surface area contributed by atoms with E-state index in [1.165, 1.54) is 11.3 Å². The van der Waals surface area contributed by atoms with Crippen LogP contribution in [0.25, 0.3) is 21.6 Å². The quantitative estimate of drug-likeness (QED) is 0.730. The smallest absolute Gasteiger partial charge is 0.194 e. The first-order valence-electron chi connectivity index (χ1n) is 5.68. The second-order valence-corrected chi connectivity index (χ2v) is 4.93. The molecule has 2 heterocycles. The first-order chi connectivity index (χ1) is 9.60. The van der Waals surface area contributed by atoms with Crippen molar-refractivity contribution in [1.82, 2.24) is 9.97 Å². The van der Waals surface area contributed by atoms with Gasteiger partial charge in [-0.3, -0.25) is 0 Å². The molecule has 0 aliphatic rings. The minimum Gasteiger partial charge on any atom is -0.372 e. The van der Waals surface area contributed by atoms with E-state index in [4.69, 9.17) is 0 Å². The number of nitrogens with zero attached hydrogens (tertiary/aromatic N) is 2. The van der Waals surface area contributed by atoms with Crippen LogP contribution in [0.15, 0.2) is 23.6 Å². The second kappa shape index (κ2) is 4.75. The van der Waals surface area contributed by atoms with Crippen molar-refractivity contribution in [3.63, 3.8) is 0 Å². The summed E-state index contributed by atoms with van der Waals surface area (Å²) in [7, 11) is 1.69. The van der Waals surface area contributed by atoms with Gasteiger partial charge in [-0.1, -0.05) is 0 Å². The Kier molecular flexibility index (Phi) is 3.06. The van der Waals surface area contributed by atoms with Gasteiger partial charge < -0.3 is 5.32 Å². The Labute approximate surface area is 116 Å². The number of halogens is 3. The van der Waals surface area contributed by atoms with Crippen LogP contribution in [-0.2, 0) is 0 Å². The number of fused-ring (bicyclic) bond motifs is 1. The highest BCUT2D eigenvalue weighted by atomic mass is 32.1. The van der Waals surface area contributed by atoms with Crippen LogP contribution < -0.4 is 5.32 Å². The maximum atomic E-state index is 13.3. The molecule has 102 valence electrons. The number of aromatic nitrogens is 2. The largest absolute Gasteiger partial charge is 0.372 e. The van der Waals surface area contributed by atoms with Gasteiger partial charge in [-0.15, -0.1) is 11.3 Å². The molecule has 0 spiro atoms. The topological polar surface area (TPSA) is 37.8 Å². The molecule has 0 unspecified atom stereocenters. The Morgan fingerprint density at radius 3 is 2.45 bits per heavy atom. The van der Waals surface area contributed by atoms with Crippen LogP contribution in [0.2, 0.25) is 0 Å². The summed E-state index contributed by atoms with van der Waals surface area (Å²) in [5, 5.41) is 5.57. The predicted octanol–water partition coefficient (Wildman–Crippen LogP) is 3.82. The lowest BCUT2D eigenvalue weighted by molar-refractivity contribution is 0.447. The average Bonchev–Trinajstić information content (AvgIpc) is 2.91. The molecule has 20 heavy (non-hydrogen) atoms. The molecule has 0 amide bonds. The number of thiophene rings is 1. The molecule has 1 aromatic carbocycles.